The second-order valence-electron chi connectivity index (χ2n) is 11.1. The molecule has 2 aromatic rings. The van der Waals surface area contributed by atoms with Gasteiger partial charge in [0, 0.05) is 21.2 Å². The third kappa shape index (κ3) is 21.3. The number of benzene rings is 2. The Kier molecular flexibility index (Phi) is 18.5. The number of carbonyl (C=O) groups excluding carboxylic acids is 3. The van der Waals surface area contributed by atoms with Crippen LogP contribution in [-0.4, -0.2) is 60.0 Å². The molecule has 240 valence electrons. The van der Waals surface area contributed by atoms with Gasteiger partial charge in [-0.15, -0.1) is 0 Å². The molecular weight excluding hydrogens is 686 g/mol. The number of nitrogens with zero attached hydrogens (tertiary/aromatic N) is 1. The van der Waals surface area contributed by atoms with Crippen molar-refractivity contribution in [3.63, 3.8) is 0 Å². The van der Waals surface area contributed by atoms with Crippen LogP contribution in [0.15, 0.2) is 57.5 Å². The molecule has 0 saturated carbocycles. The van der Waals surface area contributed by atoms with Crippen LogP contribution in [0.1, 0.15) is 67.4 Å². The van der Waals surface area contributed by atoms with Crippen molar-refractivity contribution in [2.75, 3.05) is 24.5 Å². The van der Waals surface area contributed by atoms with Crippen molar-refractivity contribution in [3.8, 4) is 0 Å². The lowest BCUT2D eigenvalue weighted by molar-refractivity contribution is -0.136. The molecular formula is C31H45Br2N3O7. The quantitative estimate of drug-likeness (QED) is 0.259. The molecule has 0 aliphatic carbocycles. The number of aliphatic carboxylic acids is 1. The molecule has 10 nitrogen and oxygen atoms in total. The van der Waals surface area contributed by atoms with Crippen LogP contribution in [0, 0.1) is 0 Å². The van der Waals surface area contributed by atoms with E-state index in [9.17, 15) is 19.2 Å². The van der Waals surface area contributed by atoms with E-state index in [0.717, 1.165) is 14.6 Å². The van der Waals surface area contributed by atoms with Crippen molar-refractivity contribution in [1.29, 1.82) is 0 Å². The lowest BCUT2D eigenvalue weighted by atomic mass is 10.1. The van der Waals surface area contributed by atoms with Crippen molar-refractivity contribution in [2.45, 2.75) is 79.4 Å². The number of carbonyl (C=O) groups is 4. The molecule has 2 aromatic carbocycles. The molecule has 0 heterocycles. The van der Waals surface area contributed by atoms with Crippen LogP contribution < -0.4 is 15.5 Å². The van der Waals surface area contributed by atoms with Gasteiger partial charge >= 0.3 is 18.2 Å². The van der Waals surface area contributed by atoms with E-state index >= 15 is 0 Å². The van der Waals surface area contributed by atoms with Crippen LogP contribution >= 0.6 is 31.9 Å². The second-order valence-corrected chi connectivity index (χ2v) is 12.9. The van der Waals surface area contributed by atoms with Crippen LogP contribution in [0.4, 0.5) is 15.3 Å². The summed E-state index contributed by atoms with van der Waals surface area (Å²) < 4.78 is 12.0. The highest BCUT2D eigenvalue weighted by atomic mass is 79.9. The van der Waals surface area contributed by atoms with Crippen molar-refractivity contribution in [1.82, 2.24) is 10.6 Å². The van der Waals surface area contributed by atoms with Gasteiger partial charge in [0.1, 0.15) is 24.3 Å². The average Bonchev–Trinajstić information content (AvgIpc) is 2.88. The topological polar surface area (TPSA) is 134 Å². The Morgan fingerprint density at radius 2 is 1.16 bits per heavy atom. The summed E-state index contributed by atoms with van der Waals surface area (Å²) in [5.41, 5.74) is 1.04. The van der Waals surface area contributed by atoms with E-state index in [1.165, 1.54) is 18.4 Å². The number of carboxylic acid groups (broad SMARTS) is 1. The van der Waals surface area contributed by atoms with Crippen LogP contribution in [0.2, 0.25) is 0 Å². The predicted octanol–water partition coefficient (Wildman–Crippen LogP) is 7.32. The van der Waals surface area contributed by atoms with E-state index in [4.69, 9.17) is 14.6 Å². The first-order valence-electron chi connectivity index (χ1n) is 13.8. The highest BCUT2D eigenvalue weighted by Gasteiger charge is 2.19. The molecule has 12 heteroatoms. The average molecular weight is 732 g/mol. The predicted molar refractivity (Wildman–Crippen MR) is 176 cm³/mol. The highest BCUT2D eigenvalue weighted by molar-refractivity contribution is 9.10. The van der Waals surface area contributed by atoms with E-state index in [0.29, 0.717) is 6.54 Å². The van der Waals surface area contributed by atoms with Gasteiger partial charge in [-0.05, 0) is 96.8 Å². The molecule has 0 unspecified atom stereocenters. The van der Waals surface area contributed by atoms with Crippen molar-refractivity contribution in [3.05, 3.63) is 63.0 Å². The Bertz CT molecular complexity index is 1140. The molecule has 0 aliphatic heterocycles. The van der Waals surface area contributed by atoms with Gasteiger partial charge in [0.15, 0.2) is 0 Å². The number of alkyl carbamates (subject to hydrolysis) is 2. The number of hydrogen-bond donors (Lipinski definition) is 3. The normalized spacial score (nSPS) is 10.6. The Hall–Kier alpha value is -3.12. The van der Waals surface area contributed by atoms with Gasteiger partial charge in [0.2, 0.25) is 5.91 Å². The van der Waals surface area contributed by atoms with Gasteiger partial charge in [-0.25, -0.2) is 9.59 Å². The summed E-state index contributed by atoms with van der Waals surface area (Å²) in [7, 11) is 0. The van der Waals surface area contributed by atoms with E-state index in [-0.39, 0.29) is 12.5 Å². The molecule has 0 fully saturated rings. The smallest absolute Gasteiger partial charge is 0.408 e. The van der Waals surface area contributed by atoms with Gasteiger partial charge in [-0.1, -0.05) is 57.3 Å². The van der Waals surface area contributed by atoms with E-state index in [2.05, 4.69) is 73.7 Å². The maximum atomic E-state index is 12.2. The lowest BCUT2D eigenvalue weighted by Crippen LogP contribution is -2.42. The van der Waals surface area contributed by atoms with Crippen LogP contribution in [-0.2, 0) is 25.5 Å². The molecule has 0 saturated heterocycles. The van der Waals surface area contributed by atoms with Gasteiger partial charge in [0.25, 0.3) is 0 Å². The molecule has 2 rings (SSSR count). The van der Waals surface area contributed by atoms with Crippen molar-refractivity contribution >= 4 is 61.6 Å². The number of nitrogens with one attached hydrogen (secondary N) is 2. The summed E-state index contributed by atoms with van der Waals surface area (Å²) in [6, 6.07) is 15.9. The minimum Gasteiger partial charge on any atom is -0.480 e. The summed E-state index contributed by atoms with van der Waals surface area (Å²) in [5.74, 6) is -1.29. The number of halogens is 2. The molecule has 0 radical (unpaired) electrons. The zero-order valence-corrected chi connectivity index (χ0v) is 29.4. The summed E-state index contributed by atoms with van der Waals surface area (Å²) in [4.78, 5) is 46.1. The minimum atomic E-state index is -1.10. The Morgan fingerprint density at radius 3 is 1.53 bits per heavy atom. The molecule has 0 aliphatic rings. The maximum absolute atomic E-state index is 12.2. The Balaban J connectivity index is 0.000000677. The second kappa shape index (κ2) is 20.0. The maximum Gasteiger partial charge on any atom is 0.408 e. The highest BCUT2D eigenvalue weighted by Crippen LogP contribution is 2.18. The zero-order valence-electron chi connectivity index (χ0n) is 26.3. The molecule has 3 amide bonds. The van der Waals surface area contributed by atoms with Gasteiger partial charge in [0.05, 0.1) is 0 Å². The van der Waals surface area contributed by atoms with E-state index < -0.39 is 35.9 Å². The Labute approximate surface area is 272 Å². The van der Waals surface area contributed by atoms with Crippen LogP contribution in [0.5, 0.6) is 0 Å². The molecule has 0 spiro atoms. The van der Waals surface area contributed by atoms with Crippen molar-refractivity contribution in [2.24, 2.45) is 0 Å². The number of carboxylic acids is 1. The summed E-state index contributed by atoms with van der Waals surface area (Å²) in [5, 5.41) is 12.7. The van der Waals surface area contributed by atoms with E-state index in [1.54, 1.807) is 46.4 Å². The van der Waals surface area contributed by atoms with E-state index in [1.807, 2.05) is 31.2 Å². The number of likely N-dealkylation sites (N-methyl/N-ethyl adjacent to an activating group) is 1. The van der Waals surface area contributed by atoms with Gasteiger partial charge < -0.3 is 30.1 Å². The number of anilines is 1. The number of amides is 3. The third-order valence-electron chi connectivity index (χ3n) is 4.77. The number of rotatable bonds is 8. The number of ether oxygens (including phenoxy) is 2. The lowest BCUT2D eigenvalue weighted by Gasteiger charge is -2.23. The monoisotopic (exact) mass is 729 g/mol. The standard InChI is InChI=1S/C15H21BrN2O3.C9H11Br.C7H13NO4/c1-5-18(12-8-6-11(16)7-9-12)13(19)10-17-14(20)21-15(2,3)4;1-2-3-8-4-6-9(10)7-5-8;1-7(2,3)12-6(11)8-4-5(9)10/h6-9H,5,10H2,1-4H3,(H,17,20);4-7H,2-3H2,1H3;4H2,1-3H3,(H,8,11)(H,9,10). The summed E-state index contributed by atoms with van der Waals surface area (Å²) in [6.07, 6.45) is 1.10. The first kappa shape index (κ1) is 39.9. The molecule has 3 N–H and O–H groups in total. The molecule has 43 heavy (non-hydrogen) atoms. The molecule has 0 atom stereocenters. The van der Waals surface area contributed by atoms with Gasteiger partial charge in [-0.2, -0.15) is 0 Å². The SMILES string of the molecule is CC(C)(C)OC(=O)NCC(=O)O.CCCc1ccc(Br)cc1.CCN(C(=O)CNC(=O)OC(C)(C)C)c1ccc(Br)cc1. The number of hydrogen-bond acceptors (Lipinski definition) is 6. The fourth-order valence-corrected chi connectivity index (χ4v) is 3.61. The summed E-state index contributed by atoms with van der Waals surface area (Å²) in [6.45, 7) is 14.5. The zero-order chi connectivity index (χ0) is 33.2. The summed E-state index contributed by atoms with van der Waals surface area (Å²) >= 11 is 6.75. The first-order valence-corrected chi connectivity index (χ1v) is 15.4. The minimum absolute atomic E-state index is 0.0984. The Morgan fingerprint density at radius 1 is 0.744 bits per heavy atom. The molecule has 0 bridgehead atoms. The molecule has 0 aromatic heterocycles. The fraction of sp³-hybridized carbons (Fsp3) is 0.484. The van der Waals surface area contributed by atoms with Crippen LogP contribution in [0.3, 0.4) is 0 Å². The fourth-order valence-electron chi connectivity index (χ4n) is 3.08. The largest absolute Gasteiger partial charge is 0.480 e. The van der Waals surface area contributed by atoms with Gasteiger partial charge in [-0.3, -0.25) is 9.59 Å². The van der Waals surface area contributed by atoms with Crippen LogP contribution in [0.25, 0.3) is 0 Å². The first-order chi connectivity index (χ1) is 19.9. The van der Waals surface area contributed by atoms with Crippen molar-refractivity contribution < 1.29 is 33.8 Å². The third-order valence-corrected chi connectivity index (χ3v) is 5.83. The number of aryl methyl sites for hydroxylation is 1.